The Balaban J connectivity index is 1.40. The molecule has 0 aliphatic carbocycles. The van der Waals surface area contributed by atoms with Crippen molar-refractivity contribution in [2.75, 3.05) is 30.4 Å². The fourth-order valence-electron chi connectivity index (χ4n) is 3.80. The van der Waals surface area contributed by atoms with Crippen molar-refractivity contribution in [3.8, 4) is 0 Å². The number of amides is 2. The van der Waals surface area contributed by atoms with Crippen molar-refractivity contribution < 1.29 is 9.59 Å². The molecule has 3 aromatic rings. The Labute approximate surface area is 180 Å². The number of hydrogen-bond donors (Lipinski definition) is 1. The van der Waals surface area contributed by atoms with Crippen molar-refractivity contribution in [1.82, 2.24) is 4.90 Å². The van der Waals surface area contributed by atoms with Gasteiger partial charge >= 0.3 is 0 Å². The summed E-state index contributed by atoms with van der Waals surface area (Å²) in [5, 5.41) is 5.03. The number of hydrogen-bond acceptors (Lipinski definition) is 4. The maximum atomic E-state index is 13.0. The van der Waals surface area contributed by atoms with Crippen LogP contribution in [0.1, 0.15) is 22.5 Å². The molecule has 1 N–H and O–H groups in total. The smallest absolute Gasteiger partial charge is 0.263 e. The lowest BCUT2D eigenvalue weighted by atomic mass is 9.95. The first kappa shape index (κ1) is 20.2. The summed E-state index contributed by atoms with van der Waals surface area (Å²) in [6.45, 7) is 1.22. The third kappa shape index (κ3) is 4.39. The number of thiophene rings is 1. The van der Waals surface area contributed by atoms with Crippen LogP contribution >= 0.6 is 11.3 Å². The van der Waals surface area contributed by atoms with Gasteiger partial charge in [-0.3, -0.25) is 9.59 Å². The molecule has 1 aromatic heterocycles. The lowest BCUT2D eigenvalue weighted by molar-refractivity contribution is -0.121. The van der Waals surface area contributed by atoms with E-state index in [1.54, 1.807) is 0 Å². The van der Waals surface area contributed by atoms with Gasteiger partial charge in [0.1, 0.15) is 0 Å². The molecule has 0 atom stereocenters. The maximum Gasteiger partial charge on any atom is 0.263 e. The van der Waals surface area contributed by atoms with E-state index < -0.39 is 0 Å². The zero-order valence-corrected chi connectivity index (χ0v) is 17.8. The first-order valence-corrected chi connectivity index (χ1v) is 11.0. The van der Waals surface area contributed by atoms with Crippen LogP contribution in [0.5, 0.6) is 0 Å². The number of carbonyl (C=O) groups is 2. The SMILES string of the molecule is CN(c1ccccc1)c1ccccc1NC(=O)C1CCN(C(=O)c2cccs2)CC1. The Bertz CT molecular complexity index is 996. The fourth-order valence-corrected chi connectivity index (χ4v) is 4.49. The summed E-state index contributed by atoms with van der Waals surface area (Å²) < 4.78 is 0. The molecule has 154 valence electrons. The molecule has 6 heteroatoms. The second kappa shape index (κ2) is 9.13. The molecule has 30 heavy (non-hydrogen) atoms. The Morgan fingerprint density at radius 2 is 1.67 bits per heavy atom. The molecule has 2 amide bonds. The van der Waals surface area contributed by atoms with E-state index in [4.69, 9.17) is 0 Å². The Hall–Kier alpha value is -3.12. The lowest BCUT2D eigenvalue weighted by Crippen LogP contribution is -2.41. The van der Waals surface area contributed by atoms with Crippen LogP contribution in [-0.2, 0) is 4.79 Å². The quantitative estimate of drug-likeness (QED) is 0.633. The number of piperidine rings is 1. The molecule has 0 saturated carbocycles. The maximum absolute atomic E-state index is 13.0. The largest absolute Gasteiger partial charge is 0.343 e. The highest BCUT2D eigenvalue weighted by Gasteiger charge is 2.28. The van der Waals surface area contributed by atoms with E-state index in [1.807, 2.05) is 84.1 Å². The van der Waals surface area contributed by atoms with E-state index in [1.165, 1.54) is 11.3 Å². The molecular weight excluding hydrogens is 394 g/mol. The van der Waals surface area contributed by atoms with Crippen LogP contribution in [0.3, 0.4) is 0 Å². The fraction of sp³-hybridized carbons (Fsp3) is 0.250. The van der Waals surface area contributed by atoms with Crippen molar-refractivity contribution in [2.24, 2.45) is 5.92 Å². The van der Waals surface area contributed by atoms with Crippen LogP contribution < -0.4 is 10.2 Å². The van der Waals surface area contributed by atoms with Gasteiger partial charge in [0.15, 0.2) is 0 Å². The van der Waals surface area contributed by atoms with Gasteiger partial charge in [-0.15, -0.1) is 11.3 Å². The van der Waals surface area contributed by atoms with Crippen molar-refractivity contribution in [3.05, 3.63) is 77.0 Å². The van der Waals surface area contributed by atoms with Crippen LogP contribution in [0.15, 0.2) is 72.1 Å². The molecule has 0 radical (unpaired) electrons. The molecular formula is C24H25N3O2S. The van der Waals surface area contributed by atoms with Gasteiger partial charge in [0.2, 0.25) is 5.91 Å². The minimum atomic E-state index is -0.0903. The zero-order chi connectivity index (χ0) is 20.9. The predicted molar refractivity (Wildman–Crippen MR) is 123 cm³/mol. The summed E-state index contributed by atoms with van der Waals surface area (Å²) in [4.78, 5) is 30.1. The van der Waals surface area contributed by atoms with E-state index >= 15 is 0 Å². The van der Waals surface area contributed by atoms with Gasteiger partial charge < -0.3 is 15.1 Å². The molecule has 0 bridgehead atoms. The number of rotatable bonds is 5. The summed E-state index contributed by atoms with van der Waals surface area (Å²) in [5.74, 6) is -0.00158. The van der Waals surface area contributed by atoms with Gasteiger partial charge in [0.05, 0.1) is 16.3 Å². The van der Waals surface area contributed by atoms with Crippen LogP contribution in [0, 0.1) is 5.92 Å². The zero-order valence-electron chi connectivity index (χ0n) is 17.0. The van der Waals surface area contributed by atoms with Crippen molar-refractivity contribution in [1.29, 1.82) is 0 Å². The summed E-state index contributed by atoms with van der Waals surface area (Å²) >= 11 is 1.46. The number of para-hydroxylation sites is 3. The van der Waals surface area contributed by atoms with Gasteiger partial charge in [-0.2, -0.15) is 0 Å². The van der Waals surface area contributed by atoms with Crippen molar-refractivity contribution >= 4 is 40.2 Å². The molecule has 0 unspecified atom stereocenters. The highest BCUT2D eigenvalue weighted by atomic mass is 32.1. The topological polar surface area (TPSA) is 52.7 Å². The highest BCUT2D eigenvalue weighted by Crippen LogP contribution is 2.31. The number of anilines is 3. The summed E-state index contributed by atoms with van der Waals surface area (Å²) in [6, 6.07) is 21.6. The molecule has 1 saturated heterocycles. The second-order valence-corrected chi connectivity index (χ2v) is 8.39. The molecule has 5 nitrogen and oxygen atoms in total. The molecule has 2 aromatic carbocycles. The highest BCUT2D eigenvalue weighted by molar-refractivity contribution is 7.12. The van der Waals surface area contributed by atoms with Crippen LogP contribution in [0.25, 0.3) is 0 Å². The Morgan fingerprint density at radius 3 is 2.37 bits per heavy atom. The molecule has 1 aliphatic heterocycles. The van der Waals surface area contributed by atoms with Crippen molar-refractivity contribution in [3.63, 3.8) is 0 Å². The van der Waals surface area contributed by atoms with Crippen LogP contribution in [0.4, 0.5) is 17.1 Å². The predicted octanol–water partition coefficient (Wildman–Crippen LogP) is 5.01. The molecule has 2 heterocycles. The van der Waals surface area contributed by atoms with Crippen LogP contribution in [-0.4, -0.2) is 36.9 Å². The minimum absolute atomic E-state index is 0.0205. The third-order valence-corrected chi connectivity index (χ3v) is 6.41. The molecule has 0 spiro atoms. The van der Waals surface area contributed by atoms with E-state index in [0.29, 0.717) is 25.9 Å². The number of nitrogens with zero attached hydrogens (tertiary/aromatic N) is 2. The first-order chi connectivity index (χ1) is 14.6. The number of carbonyl (C=O) groups excluding carboxylic acids is 2. The van der Waals surface area contributed by atoms with E-state index in [9.17, 15) is 9.59 Å². The average Bonchev–Trinajstić information content (AvgIpc) is 3.34. The van der Waals surface area contributed by atoms with E-state index in [0.717, 1.165) is 21.9 Å². The standard InChI is InChI=1S/C24H25N3O2S/c1-26(19-8-3-2-4-9-19)21-11-6-5-10-20(21)25-23(28)18-13-15-27(16-14-18)24(29)22-12-7-17-30-22/h2-12,17-18H,13-16H2,1H3,(H,25,28). The summed E-state index contributed by atoms with van der Waals surface area (Å²) in [6.07, 6.45) is 1.36. The third-order valence-electron chi connectivity index (χ3n) is 5.55. The molecule has 1 fully saturated rings. The minimum Gasteiger partial charge on any atom is -0.343 e. The van der Waals surface area contributed by atoms with Gasteiger partial charge in [0.25, 0.3) is 5.91 Å². The second-order valence-electron chi connectivity index (χ2n) is 7.44. The van der Waals surface area contributed by atoms with E-state index in [-0.39, 0.29) is 17.7 Å². The van der Waals surface area contributed by atoms with Gasteiger partial charge in [-0.1, -0.05) is 36.4 Å². The van der Waals surface area contributed by atoms with E-state index in [2.05, 4.69) is 10.2 Å². The van der Waals surface area contributed by atoms with Crippen LogP contribution in [0.2, 0.25) is 0 Å². The molecule has 4 rings (SSSR count). The lowest BCUT2D eigenvalue weighted by Gasteiger charge is -2.31. The summed E-state index contributed by atoms with van der Waals surface area (Å²) in [5.41, 5.74) is 2.80. The van der Waals surface area contributed by atoms with Gasteiger partial charge in [-0.05, 0) is 48.6 Å². The Morgan fingerprint density at radius 1 is 0.967 bits per heavy atom. The Kier molecular flexibility index (Phi) is 6.14. The normalized spacial score (nSPS) is 14.4. The van der Waals surface area contributed by atoms with Gasteiger partial charge in [-0.25, -0.2) is 0 Å². The number of benzene rings is 2. The van der Waals surface area contributed by atoms with Crippen molar-refractivity contribution in [2.45, 2.75) is 12.8 Å². The number of likely N-dealkylation sites (tertiary alicyclic amines) is 1. The average molecular weight is 420 g/mol. The number of nitrogens with one attached hydrogen (secondary N) is 1. The molecule has 1 aliphatic rings. The van der Waals surface area contributed by atoms with Gasteiger partial charge in [0, 0.05) is 31.7 Å². The monoisotopic (exact) mass is 419 g/mol. The first-order valence-electron chi connectivity index (χ1n) is 10.1. The summed E-state index contributed by atoms with van der Waals surface area (Å²) in [7, 11) is 2.00.